The second-order valence-electron chi connectivity index (χ2n) is 6.98. The summed E-state index contributed by atoms with van der Waals surface area (Å²) in [5.41, 5.74) is 2.84. The molecule has 3 heterocycles. The number of carbonyl (C=O) groups is 2. The minimum Gasteiger partial charge on any atom is -0.326 e. The van der Waals surface area contributed by atoms with E-state index in [2.05, 4.69) is 29.1 Å². The number of thiophene rings is 1. The Kier molecular flexibility index (Phi) is 5.82. The van der Waals surface area contributed by atoms with E-state index in [9.17, 15) is 9.59 Å². The molecule has 2 amide bonds. The van der Waals surface area contributed by atoms with Crippen molar-refractivity contribution in [3.63, 3.8) is 0 Å². The Morgan fingerprint density at radius 3 is 2.76 bits per heavy atom. The van der Waals surface area contributed by atoms with Gasteiger partial charge in [-0.1, -0.05) is 0 Å². The van der Waals surface area contributed by atoms with Gasteiger partial charge in [-0.05, 0) is 50.1 Å². The maximum absolute atomic E-state index is 12.3. The quantitative estimate of drug-likeness (QED) is 0.462. The third-order valence-electron chi connectivity index (χ3n) is 5.03. The summed E-state index contributed by atoms with van der Waals surface area (Å²) in [6.45, 7) is 4.95. The predicted octanol–water partition coefficient (Wildman–Crippen LogP) is 4.56. The Hall–Kier alpha value is -2.45. The molecule has 0 aliphatic carbocycles. The molecule has 1 N–H and O–H groups in total. The van der Waals surface area contributed by atoms with Crippen LogP contribution in [0.25, 0.3) is 10.2 Å². The van der Waals surface area contributed by atoms with Crippen LogP contribution in [0.2, 0.25) is 0 Å². The number of aryl methyl sites for hydroxylation is 2. The van der Waals surface area contributed by atoms with Gasteiger partial charge in [0.2, 0.25) is 11.8 Å². The highest BCUT2D eigenvalue weighted by Gasteiger charge is 2.21. The van der Waals surface area contributed by atoms with Gasteiger partial charge in [0.25, 0.3) is 0 Å². The molecular weight excluding hydrogens is 404 g/mol. The number of fused-ring (bicyclic) bond motifs is 1. The van der Waals surface area contributed by atoms with Crippen molar-refractivity contribution in [2.45, 2.75) is 38.1 Å². The molecule has 4 rings (SSSR count). The molecule has 8 heteroatoms. The Bertz CT molecular complexity index is 1060. The summed E-state index contributed by atoms with van der Waals surface area (Å²) in [7, 11) is 0. The van der Waals surface area contributed by atoms with Crippen LogP contribution in [-0.2, 0) is 9.59 Å². The monoisotopic (exact) mass is 426 g/mol. The Balaban J connectivity index is 1.32. The lowest BCUT2D eigenvalue weighted by Crippen LogP contribution is -2.23. The van der Waals surface area contributed by atoms with Crippen molar-refractivity contribution >= 4 is 56.5 Å². The standard InChI is InChI=1S/C21H22N4O2S2/c1-13-14(2)29-21-19(13)20(22-12-23-21)28-11-9-17(26)24-15-5-7-16(8-6-15)25-10-3-4-18(25)27/h5-8,12H,3-4,9-11H2,1-2H3,(H,24,26). The summed E-state index contributed by atoms with van der Waals surface area (Å²) in [6.07, 6.45) is 3.49. The van der Waals surface area contributed by atoms with E-state index in [1.807, 2.05) is 24.3 Å². The molecule has 150 valence electrons. The number of carbonyl (C=O) groups excluding carboxylic acids is 2. The van der Waals surface area contributed by atoms with Crippen LogP contribution in [0.4, 0.5) is 11.4 Å². The van der Waals surface area contributed by atoms with Gasteiger partial charge in [0.15, 0.2) is 0 Å². The first-order valence-electron chi connectivity index (χ1n) is 9.56. The summed E-state index contributed by atoms with van der Waals surface area (Å²) < 4.78 is 0. The van der Waals surface area contributed by atoms with Crippen LogP contribution in [0.1, 0.15) is 29.7 Å². The molecule has 0 atom stereocenters. The van der Waals surface area contributed by atoms with Crippen LogP contribution in [0, 0.1) is 13.8 Å². The second-order valence-corrected chi connectivity index (χ2v) is 9.27. The van der Waals surface area contributed by atoms with E-state index < -0.39 is 0 Å². The van der Waals surface area contributed by atoms with E-state index in [0.29, 0.717) is 18.6 Å². The molecule has 1 fully saturated rings. The molecule has 0 unspecified atom stereocenters. The van der Waals surface area contributed by atoms with Gasteiger partial charge < -0.3 is 10.2 Å². The molecule has 0 radical (unpaired) electrons. The van der Waals surface area contributed by atoms with Crippen LogP contribution in [-0.4, -0.2) is 34.1 Å². The summed E-state index contributed by atoms with van der Waals surface area (Å²) in [5.74, 6) is 0.770. The molecule has 1 aliphatic heterocycles. The van der Waals surface area contributed by atoms with Gasteiger partial charge >= 0.3 is 0 Å². The zero-order chi connectivity index (χ0) is 20.4. The molecule has 0 bridgehead atoms. The average molecular weight is 427 g/mol. The number of nitrogens with zero attached hydrogens (tertiary/aromatic N) is 3. The first-order valence-corrected chi connectivity index (χ1v) is 11.4. The minimum absolute atomic E-state index is 0.0361. The third kappa shape index (κ3) is 4.28. The largest absolute Gasteiger partial charge is 0.326 e. The predicted molar refractivity (Wildman–Crippen MR) is 119 cm³/mol. The molecule has 0 spiro atoms. The van der Waals surface area contributed by atoms with Crippen molar-refractivity contribution in [3.05, 3.63) is 41.0 Å². The van der Waals surface area contributed by atoms with E-state index in [4.69, 9.17) is 0 Å². The smallest absolute Gasteiger partial charge is 0.227 e. The van der Waals surface area contributed by atoms with Crippen molar-refractivity contribution < 1.29 is 9.59 Å². The summed E-state index contributed by atoms with van der Waals surface area (Å²) in [6, 6.07) is 7.45. The Labute approximate surface area is 177 Å². The number of anilines is 2. The number of rotatable bonds is 6. The number of benzene rings is 1. The fourth-order valence-electron chi connectivity index (χ4n) is 3.37. The minimum atomic E-state index is -0.0361. The number of aromatic nitrogens is 2. The molecule has 1 aliphatic rings. The van der Waals surface area contributed by atoms with Crippen molar-refractivity contribution in [2.75, 3.05) is 22.5 Å². The molecule has 2 aromatic heterocycles. The summed E-state index contributed by atoms with van der Waals surface area (Å²) in [5, 5.41) is 4.96. The maximum atomic E-state index is 12.3. The van der Waals surface area contributed by atoms with E-state index in [-0.39, 0.29) is 11.8 Å². The Morgan fingerprint density at radius 2 is 2.03 bits per heavy atom. The van der Waals surface area contributed by atoms with Gasteiger partial charge in [0.05, 0.1) is 0 Å². The summed E-state index contributed by atoms with van der Waals surface area (Å²) >= 11 is 3.26. The van der Waals surface area contributed by atoms with Gasteiger partial charge in [-0.2, -0.15) is 0 Å². The van der Waals surface area contributed by atoms with E-state index in [1.165, 1.54) is 10.4 Å². The molecule has 29 heavy (non-hydrogen) atoms. The van der Waals surface area contributed by atoms with E-state index >= 15 is 0 Å². The maximum Gasteiger partial charge on any atom is 0.227 e. The van der Waals surface area contributed by atoms with Crippen LogP contribution in [0.5, 0.6) is 0 Å². The molecule has 3 aromatic rings. The normalized spacial score (nSPS) is 14.0. The highest BCUT2D eigenvalue weighted by Crippen LogP contribution is 2.34. The van der Waals surface area contributed by atoms with Gasteiger partial charge in [0, 0.05) is 46.8 Å². The highest BCUT2D eigenvalue weighted by atomic mass is 32.2. The fourth-order valence-corrected chi connectivity index (χ4v) is 5.43. The van der Waals surface area contributed by atoms with Gasteiger partial charge in [-0.15, -0.1) is 23.1 Å². The summed E-state index contributed by atoms with van der Waals surface area (Å²) in [4.78, 5) is 36.9. The molecular formula is C21H22N4O2S2. The lowest BCUT2D eigenvalue weighted by atomic mass is 10.2. The first kappa shape index (κ1) is 19.8. The fraction of sp³-hybridized carbons (Fsp3) is 0.333. The SMILES string of the molecule is Cc1sc2ncnc(SCCC(=O)Nc3ccc(N4CCCC4=O)cc3)c2c1C. The van der Waals surface area contributed by atoms with Gasteiger partial charge in [-0.3, -0.25) is 9.59 Å². The van der Waals surface area contributed by atoms with Crippen LogP contribution in [0.15, 0.2) is 35.6 Å². The van der Waals surface area contributed by atoms with Crippen molar-refractivity contribution in [2.24, 2.45) is 0 Å². The van der Waals surface area contributed by atoms with E-state index in [1.54, 1.807) is 34.3 Å². The number of nitrogens with one attached hydrogen (secondary N) is 1. The van der Waals surface area contributed by atoms with Crippen molar-refractivity contribution in [3.8, 4) is 0 Å². The molecule has 1 saturated heterocycles. The Morgan fingerprint density at radius 1 is 1.24 bits per heavy atom. The lowest BCUT2D eigenvalue weighted by Gasteiger charge is -2.16. The average Bonchev–Trinajstić information content (AvgIpc) is 3.26. The topological polar surface area (TPSA) is 75.2 Å². The lowest BCUT2D eigenvalue weighted by molar-refractivity contribution is -0.117. The van der Waals surface area contributed by atoms with Gasteiger partial charge in [-0.25, -0.2) is 9.97 Å². The van der Waals surface area contributed by atoms with Crippen LogP contribution >= 0.6 is 23.1 Å². The molecule has 1 aromatic carbocycles. The number of thioether (sulfide) groups is 1. The number of hydrogen-bond donors (Lipinski definition) is 1. The van der Waals surface area contributed by atoms with Crippen molar-refractivity contribution in [1.82, 2.24) is 9.97 Å². The number of amides is 2. The first-order chi connectivity index (χ1) is 14.0. The zero-order valence-corrected chi connectivity index (χ0v) is 18.0. The van der Waals surface area contributed by atoms with Crippen LogP contribution < -0.4 is 10.2 Å². The van der Waals surface area contributed by atoms with E-state index in [0.717, 1.165) is 39.6 Å². The molecule has 6 nitrogen and oxygen atoms in total. The second kappa shape index (κ2) is 8.51. The zero-order valence-electron chi connectivity index (χ0n) is 16.4. The molecule has 0 saturated carbocycles. The third-order valence-corrected chi connectivity index (χ3v) is 7.14. The number of hydrogen-bond acceptors (Lipinski definition) is 6. The van der Waals surface area contributed by atoms with Gasteiger partial charge in [0.1, 0.15) is 16.2 Å². The van der Waals surface area contributed by atoms with Crippen LogP contribution in [0.3, 0.4) is 0 Å². The van der Waals surface area contributed by atoms with Crippen molar-refractivity contribution in [1.29, 1.82) is 0 Å². The highest BCUT2D eigenvalue weighted by molar-refractivity contribution is 7.99.